The van der Waals surface area contributed by atoms with Gasteiger partial charge >= 0.3 is 0 Å². The second-order valence-corrected chi connectivity index (χ2v) is 15.3. The fourth-order valence-corrected chi connectivity index (χ4v) is 7.44. The number of benzene rings is 1. The van der Waals surface area contributed by atoms with Gasteiger partial charge in [-0.05, 0) is 37.5 Å². The molecule has 2 aromatic heterocycles. The van der Waals surface area contributed by atoms with Crippen LogP contribution < -0.4 is 14.5 Å². The quantitative estimate of drug-likeness (QED) is 0.374. The molecule has 5 heterocycles. The fourth-order valence-electron chi connectivity index (χ4n) is 6.00. The van der Waals surface area contributed by atoms with Crippen molar-refractivity contribution in [2.24, 2.45) is 0 Å². The van der Waals surface area contributed by atoms with Crippen LogP contribution >= 0.6 is 0 Å². The van der Waals surface area contributed by atoms with Crippen LogP contribution in [0, 0.1) is 5.82 Å². The van der Waals surface area contributed by atoms with Gasteiger partial charge in [0.25, 0.3) is 16.0 Å². The molecule has 2 saturated heterocycles. The van der Waals surface area contributed by atoms with Gasteiger partial charge in [0.15, 0.2) is 5.65 Å². The maximum atomic E-state index is 14.4. The van der Waals surface area contributed by atoms with Crippen LogP contribution in [0.1, 0.15) is 41.4 Å². The average Bonchev–Trinajstić information content (AvgIpc) is 3.38. The van der Waals surface area contributed by atoms with Gasteiger partial charge in [-0.2, -0.15) is 22.3 Å². The summed E-state index contributed by atoms with van der Waals surface area (Å²) in [4.78, 5) is 24.3. The Morgan fingerprint density at radius 1 is 1.00 bits per heavy atom. The number of carbonyl (C=O) groups excluding carboxylic acids is 1. The summed E-state index contributed by atoms with van der Waals surface area (Å²) < 4.78 is 77.0. The lowest BCUT2D eigenvalue weighted by Crippen LogP contribution is -2.53. The lowest BCUT2D eigenvalue weighted by atomic mass is 9.98. The third kappa shape index (κ3) is 6.71. The first kappa shape index (κ1) is 31.4. The van der Waals surface area contributed by atoms with Gasteiger partial charge in [0.1, 0.15) is 35.9 Å². The average molecular weight is 666 g/mol. The normalized spacial score (nSPS) is 21.0. The number of nitrogens with zero attached hydrogens (tertiary/aromatic N) is 7. The number of anilines is 2. The van der Waals surface area contributed by atoms with Crippen molar-refractivity contribution < 1.29 is 34.9 Å². The Bertz CT molecular complexity index is 1830. The predicted molar refractivity (Wildman–Crippen MR) is 164 cm³/mol. The molecule has 0 aliphatic carbocycles. The summed E-state index contributed by atoms with van der Waals surface area (Å²) in [6.45, 7) is 1.49. The Hall–Kier alpha value is -3.54. The fraction of sp³-hybridized carbons (Fsp3) is 0.536. The minimum Gasteiger partial charge on any atom is -0.491 e. The van der Waals surface area contributed by atoms with Crippen LogP contribution in [0.15, 0.2) is 30.3 Å². The topological polar surface area (TPSA) is 147 Å². The first-order valence-electron chi connectivity index (χ1n) is 14.7. The molecule has 17 heteroatoms. The molecule has 3 aliphatic rings. The third-order valence-corrected chi connectivity index (χ3v) is 10.2. The zero-order chi connectivity index (χ0) is 32.1. The summed E-state index contributed by atoms with van der Waals surface area (Å²) in [5.74, 6) is 0.406. The van der Waals surface area contributed by atoms with Gasteiger partial charge in [-0.3, -0.25) is 8.98 Å². The molecule has 6 rings (SSSR count). The van der Waals surface area contributed by atoms with Crippen LogP contribution in [0.25, 0.3) is 5.65 Å². The van der Waals surface area contributed by atoms with E-state index in [1.54, 1.807) is 9.42 Å². The van der Waals surface area contributed by atoms with Crippen molar-refractivity contribution in [2.45, 2.75) is 31.4 Å². The van der Waals surface area contributed by atoms with Crippen LogP contribution in [-0.4, -0.2) is 118 Å². The van der Waals surface area contributed by atoms with Crippen LogP contribution in [-0.2, 0) is 24.3 Å². The molecule has 14 nitrogen and oxygen atoms in total. The maximum Gasteiger partial charge on any atom is 0.264 e. The molecule has 0 saturated carbocycles. The molecule has 0 radical (unpaired) electrons. The highest BCUT2D eigenvalue weighted by atomic mass is 32.2. The molecule has 0 spiro atoms. The van der Waals surface area contributed by atoms with Gasteiger partial charge in [0, 0.05) is 58.4 Å². The van der Waals surface area contributed by atoms with Gasteiger partial charge in [-0.15, -0.1) is 0 Å². The molecule has 3 aliphatic heterocycles. The van der Waals surface area contributed by atoms with Crippen molar-refractivity contribution >= 4 is 43.3 Å². The number of hydrogen-bond donors (Lipinski definition) is 0. The molecule has 244 valence electrons. The number of halogens is 1. The highest BCUT2D eigenvalue weighted by Gasteiger charge is 2.35. The minimum atomic E-state index is -3.63. The van der Waals surface area contributed by atoms with Crippen molar-refractivity contribution in [3.05, 3.63) is 47.4 Å². The van der Waals surface area contributed by atoms with E-state index in [9.17, 15) is 26.0 Å². The maximum absolute atomic E-state index is 14.4. The molecule has 1 aromatic carbocycles. The number of fused-ring (bicyclic) bond motifs is 4. The van der Waals surface area contributed by atoms with E-state index in [-0.39, 0.29) is 31.0 Å². The Labute approximate surface area is 261 Å². The summed E-state index contributed by atoms with van der Waals surface area (Å²) in [6.07, 6.45) is 3.94. The predicted octanol–water partition coefficient (Wildman–Crippen LogP) is 1.49. The van der Waals surface area contributed by atoms with Crippen molar-refractivity contribution in [1.29, 1.82) is 0 Å². The van der Waals surface area contributed by atoms with E-state index in [4.69, 9.17) is 19.0 Å². The van der Waals surface area contributed by atoms with E-state index >= 15 is 0 Å². The van der Waals surface area contributed by atoms with E-state index in [0.717, 1.165) is 31.4 Å². The lowest BCUT2D eigenvalue weighted by molar-refractivity contribution is 0.0600. The summed E-state index contributed by atoms with van der Waals surface area (Å²) in [5.41, 5.74) is 1.19. The second kappa shape index (κ2) is 12.0. The van der Waals surface area contributed by atoms with Gasteiger partial charge in [0.05, 0.1) is 29.8 Å². The molecule has 0 N–H and O–H groups in total. The lowest BCUT2D eigenvalue weighted by Gasteiger charge is -2.39. The highest BCUT2D eigenvalue weighted by Crippen LogP contribution is 2.35. The van der Waals surface area contributed by atoms with Gasteiger partial charge < -0.3 is 19.4 Å². The molecular formula is C28H36FN7O7S2. The van der Waals surface area contributed by atoms with Crippen LogP contribution in [0.4, 0.5) is 16.0 Å². The summed E-state index contributed by atoms with van der Waals surface area (Å²) >= 11 is 0. The largest absolute Gasteiger partial charge is 0.491 e. The zero-order valence-corrected chi connectivity index (χ0v) is 26.9. The van der Waals surface area contributed by atoms with Crippen LogP contribution in [0.3, 0.4) is 0 Å². The smallest absolute Gasteiger partial charge is 0.264 e. The van der Waals surface area contributed by atoms with Crippen molar-refractivity contribution in [2.75, 3.05) is 75.2 Å². The third-order valence-electron chi connectivity index (χ3n) is 8.32. The van der Waals surface area contributed by atoms with Gasteiger partial charge in [0.2, 0.25) is 10.0 Å². The molecule has 45 heavy (non-hydrogen) atoms. The Morgan fingerprint density at radius 3 is 2.51 bits per heavy atom. The summed E-state index contributed by atoms with van der Waals surface area (Å²) in [7, 11) is -5.40. The summed E-state index contributed by atoms with van der Waals surface area (Å²) in [6, 6.07) is 7.01. The van der Waals surface area contributed by atoms with E-state index in [0.29, 0.717) is 55.6 Å². The standard InChI is InChI=1S/C28H36FN7O7S2/c1-32-10-11-34(44(2,38)39)12-13-42-24-8-7-19(29)14-21(24)28(37)35-9-5-4-6-23(35)22-15-26-30-25(16-27(32)36(26)31-22)33-17-20(18-33)43-45(3,40)41/h7-8,14-16,20,23H,4-6,9-13,17-18H2,1-3H3/t23-/m0/s1. The number of likely N-dealkylation sites (N-methyl/N-ethyl adjacent to an activating group) is 1. The molecular weight excluding hydrogens is 629 g/mol. The molecule has 2 bridgehead atoms. The number of aromatic nitrogens is 3. The van der Waals surface area contributed by atoms with Crippen molar-refractivity contribution in [3.63, 3.8) is 0 Å². The minimum absolute atomic E-state index is 0.0163. The monoisotopic (exact) mass is 665 g/mol. The number of amides is 1. The second-order valence-electron chi connectivity index (χ2n) is 11.7. The first-order chi connectivity index (χ1) is 21.3. The molecule has 1 atom stereocenters. The van der Waals surface area contributed by atoms with Crippen LogP contribution in [0.2, 0.25) is 0 Å². The number of rotatable bonds is 4. The molecule has 1 amide bonds. The highest BCUT2D eigenvalue weighted by molar-refractivity contribution is 7.88. The Balaban J connectivity index is 1.43. The van der Waals surface area contributed by atoms with Crippen molar-refractivity contribution in [1.82, 2.24) is 23.8 Å². The Kier molecular flexibility index (Phi) is 8.38. The van der Waals surface area contributed by atoms with Crippen molar-refractivity contribution in [3.8, 4) is 5.75 Å². The number of sulfonamides is 1. The first-order valence-corrected chi connectivity index (χ1v) is 18.4. The molecule has 3 aromatic rings. The molecule has 2 fully saturated rings. The van der Waals surface area contributed by atoms with Crippen LogP contribution in [0.5, 0.6) is 5.75 Å². The summed E-state index contributed by atoms with van der Waals surface area (Å²) in [5, 5.41) is 4.90. The van der Waals surface area contributed by atoms with E-state index in [1.807, 2.05) is 29.0 Å². The number of carbonyl (C=O) groups is 1. The SMILES string of the molecule is CN1CCN(S(C)(=O)=O)CCOc2ccc(F)cc2C(=O)N2CCCC[C@H]2c2cc3nc(N4CC(OS(C)(=O)=O)C4)cc1n3n2. The zero-order valence-electron chi connectivity index (χ0n) is 25.3. The molecule has 0 unspecified atom stereocenters. The van der Waals surface area contributed by atoms with E-state index < -0.39 is 44.0 Å². The number of piperidine rings is 1. The van der Waals surface area contributed by atoms with Gasteiger partial charge in [-0.25, -0.2) is 17.8 Å². The number of hydrogen-bond acceptors (Lipinski definition) is 11. The Morgan fingerprint density at radius 2 is 1.78 bits per heavy atom. The van der Waals surface area contributed by atoms with E-state index in [1.165, 1.54) is 16.4 Å². The van der Waals surface area contributed by atoms with Gasteiger partial charge in [-0.1, -0.05) is 0 Å². The number of ether oxygens (including phenoxy) is 1. The van der Waals surface area contributed by atoms with E-state index in [2.05, 4.69) is 0 Å².